The predicted molar refractivity (Wildman–Crippen MR) is 146 cm³/mol. The van der Waals surface area contributed by atoms with Gasteiger partial charge in [0.1, 0.15) is 23.1 Å². The van der Waals surface area contributed by atoms with Crippen LogP contribution in [-0.4, -0.2) is 29.7 Å². The molecular formula is C31H27FN2O5. The molecule has 0 aliphatic heterocycles. The number of H-pyrrole nitrogens is 1. The molecule has 8 heteroatoms. The van der Waals surface area contributed by atoms with Crippen LogP contribution in [0.2, 0.25) is 0 Å². The fourth-order valence-electron chi connectivity index (χ4n) is 5.00. The number of rotatable bonds is 8. The first-order valence-corrected chi connectivity index (χ1v) is 12.5. The van der Waals surface area contributed by atoms with Gasteiger partial charge < -0.3 is 24.6 Å². The Labute approximate surface area is 223 Å². The highest BCUT2D eigenvalue weighted by Gasteiger charge is 2.29. The van der Waals surface area contributed by atoms with E-state index in [0.717, 1.165) is 16.5 Å². The number of methoxy groups -OCH3 is 1. The van der Waals surface area contributed by atoms with Crippen LogP contribution < -0.4 is 15.7 Å². The SMILES string of the molecule is COc1ccccc1C(=O)NCCc1c(C(c2cccc(F)c2)c2c(O)cc(C)oc2=O)[nH]c2ccccc12. The molecule has 5 aromatic rings. The normalized spacial score (nSPS) is 11.9. The van der Waals surface area contributed by atoms with Crippen molar-refractivity contribution in [1.29, 1.82) is 0 Å². The molecule has 3 N–H and O–H groups in total. The summed E-state index contributed by atoms with van der Waals surface area (Å²) in [6.45, 7) is 1.84. The highest BCUT2D eigenvalue weighted by Crippen LogP contribution is 2.39. The van der Waals surface area contributed by atoms with Crippen LogP contribution in [0.25, 0.3) is 10.9 Å². The van der Waals surface area contributed by atoms with Crippen molar-refractivity contribution in [2.45, 2.75) is 19.3 Å². The molecule has 39 heavy (non-hydrogen) atoms. The van der Waals surface area contributed by atoms with E-state index in [1.54, 1.807) is 43.3 Å². The number of halogens is 1. The molecule has 0 saturated carbocycles. The number of para-hydroxylation sites is 2. The molecule has 3 aromatic carbocycles. The van der Waals surface area contributed by atoms with E-state index < -0.39 is 17.4 Å². The molecule has 5 rings (SSSR count). The van der Waals surface area contributed by atoms with E-state index in [4.69, 9.17) is 9.15 Å². The number of hydrogen-bond donors (Lipinski definition) is 3. The molecule has 0 saturated heterocycles. The zero-order chi connectivity index (χ0) is 27.5. The van der Waals surface area contributed by atoms with Gasteiger partial charge in [0.2, 0.25) is 0 Å². The number of aromatic amines is 1. The summed E-state index contributed by atoms with van der Waals surface area (Å²) in [6.07, 6.45) is 0.393. The van der Waals surface area contributed by atoms with Gasteiger partial charge in [-0.1, -0.05) is 42.5 Å². The Morgan fingerprint density at radius 1 is 1.08 bits per heavy atom. The van der Waals surface area contributed by atoms with Gasteiger partial charge in [-0.05, 0) is 54.8 Å². The Kier molecular flexibility index (Phi) is 7.19. The first kappa shape index (κ1) is 25.8. The Bertz CT molecular complexity index is 1720. The molecule has 1 unspecified atom stereocenters. The topological polar surface area (TPSA) is 105 Å². The van der Waals surface area contributed by atoms with Crippen LogP contribution in [0.1, 0.15) is 44.4 Å². The van der Waals surface area contributed by atoms with E-state index in [1.165, 1.54) is 25.3 Å². The molecular weight excluding hydrogens is 499 g/mol. The first-order chi connectivity index (χ1) is 18.9. The zero-order valence-electron chi connectivity index (χ0n) is 21.5. The molecule has 0 aliphatic carbocycles. The third-order valence-corrected chi connectivity index (χ3v) is 6.71. The van der Waals surface area contributed by atoms with E-state index in [-0.39, 0.29) is 29.5 Å². The summed E-state index contributed by atoms with van der Waals surface area (Å²) in [6, 6.07) is 21.8. The van der Waals surface area contributed by atoms with Crippen molar-refractivity contribution < 1.29 is 23.4 Å². The molecule has 1 amide bonds. The van der Waals surface area contributed by atoms with Gasteiger partial charge in [0.25, 0.3) is 5.91 Å². The highest BCUT2D eigenvalue weighted by molar-refractivity contribution is 5.97. The third-order valence-electron chi connectivity index (χ3n) is 6.71. The monoisotopic (exact) mass is 526 g/mol. The number of hydrogen-bond acceptors (Lipinski definition) is 5. The molecule has 0 aliphatic rings. The minimum Gasteiger partial charge on any atom is -0.507 e. The summed E-state index contributed by atoms with van der Waals surface area (Å²) in [5, 5.41) is 14.7. The molecule has 2 aromatic heterocycles. The fraction of sp³-hybridized carbons (Fsp3) is 0.161. The van der Waals surface area contributed by atoms with E-state index in [1.807, 2.05) is 24.3 Å². The average molecular weight is 527 g/mol. The lowest BCUT2D eigenvalue weighted by Gasteiger charge is -2.20. The number of carbonyl (C=O) groups excluding carboxylic acids is 1. The minimum absolute atomic E-state index is 0.00272. The second-order valence-electron chi connectivity index (χ2n) is 9.20. The number of fused-ring (bicyclic) bond motifs is 1. The maximum atomic E-state index is 14.4. The predicted octanol–water partition coefficient (Wildman–Crippen LogP) is 5.44. The molecule has 0 radical (unpaired) electrons. The van der Waals surface area contributed by atoms with Crippen molar-refractivity contribution in [2.75, 3.05) is 13.7 Å². The second kappa shape index (κ2) is 10.9. The number of nitrogens with one attached hydrogen (secondary N) is 2. The van der Waals surface area contributed by atoms with Crippen molar-refractivity contribution >= 4 is 16.8 Å². The van der Waals surface area contributed by atoms with Gasteiger partial charge in [0.05, 0.1) is 24.2 Å². The van der Waals surface area contributed by atoms with Gasteiger partial charge in [-0.25, -0.2) is 9.18 Å². The van der Waals surface area contributed by atoms with Crippen LogP contribution in [-0.2, 0) is 6.42 Å². The molecule has 198 valence electrons. The lowest BCUT2D eigenvalue weighted by Crippen LogP contribution is -2.26. The van der Waals surface area contributed by atoms with Crippen LogP contribution in [0.3, 0.4) is 0 Å². The maximum Gasteiger partial charge on any atom is 0.343 e. The lowest BCUT2D eigenvalue weighted by atomic mass is 9.86. The zero-order valence-corrected chi connectivity index (χ0v) is 21.5. The number of amides is 1. The Morgan fingerprint density at radius 2 is 1.85 bits per heavy atom. The number of aromatic nitrogens is 1. The van der Waals surface area contributed by atoms with Gasteiger partial charge in [-0.2, -0.15) is 0 Å². The standard InChI is InChI=1S/C31H27FN2O5/c1-18-16-25(35)28(31(37)39-18)27(19-8-7-9-20(32)17-19)29-22(21-10-3-5-12-24(21)34-29)14-15-33-30(36)23-11-4-6-13-26(23)38-2/h3-13,16-17,27,34-35H,14-15H2,1-2H3,(H,33,36). The van der Waals surface area contributed by atoms with E-state index in [0.29, 0.717) is 29.0 Å². The second-order valence-corrected chi connectivity index (χ2v) is 9.20. The summed E-state index contributed by atoms with van der Waals surface area (Å²) in [4.78, 5) is 29.4. The van der Waals surface area contributed by atoms with Gasteiger partial charge in [-0.3, -0.25) is 4.79 Å². The van der Waals surface area contributed by atoms with Crippen LogP contribution in [0.5, 0.6) is 11.5 Å². The Balaban J connectivity index is 1.59. The highest BCUT2D eigenvalue weighted by atomic mass is 19.1. The van der Waals surface area contributed by atoms with Crippen molar-refractivity contribution in [3.8, 4) is 11.5 Å². The Hall–Kier alpha value is -4.85. The first-order valence-electron chi connectivity index (χ1n) is 12.5. The van der Waals surface area contributed by atoms with Gasteiger partial charge in [-0.15, -0.1) is 0 Å². The van der Waals surface area contributed by atoms with Gasteiger partial charge >= 0.3 is 5.63 Å². The number of carbonyl (C=O) groups is 1. The van der Waals surface area contributed by atoms with Crippen LogP contribution in [0.15, 0.2) is 88.1 Å². The fourth-order valence-corrected chi connectivity index (χ4v) is 5.00. The third kappa shape index (κ3) is 5.13. The molecule has 1 atom stereocenters. The van der Waals surface area contributed by atoms with Crippen molar-refractivity contribution in [1.82, 2.24) is 10.3 Å². The molecule has 7 nitrogen and oxygen atoms in total. The quantitative estimate of drug-likeness (QED) is 0.250. The summed E-state index contributed by atoms with van der Waals surface area (Å²) < 4.78 is 25.1. The van der Waals surface area contributed by atoms with E-state index in [2.05, 4.69) is 10.3 Å². The van der Waals surface area contributed by atoms with E-state index >= 15 is 0 Å². The number of aryl methyl sites for hydroxylation is 1. The average Bonchev–Trinajstić information content (AvgIpc) is 3.28. The summed E-state index contributed by atoms with van der Waals surface area (Å²) in [7, 11) is 1.51. The molecule has 0 spiro atoms. The van der Waals surface area contributed by atoms with Crippen molar-refractivity contribution in [3.05, 3.63) is 129 Å². The van der Waals surface area contributed by atoms with Crippen molar-refractivity contribution in [2.24, 2.45) is 0 Å². The Morgan fingerprint density at radius 3 is 2.62 bits per heavy atom. The minimum atomic E-state index is -0.857. The molecule has 0 fully saturated rings. The van der Waals surface area contributed by atoms with Crippen LogP contribution in [0.4, 0.5) is 4.39 Å². The number of benzene rings is 3. The smallest absolute Gasteiger partial charge is 0.343 e. The van der Waals surface area contributed by atoms with Crippen molar-refractivity contribution in [3.63, 3.8) is 0 Å². The summed E-state index contributed by atoms with van der Waals surface area (Å²) in [5.74, 6) is -1.13. The van der Waals surface area contributed by atoms with E-state index in [9.17, 15) is 19.1 Å². The van der Waals surface area contributed by atoms with Crippen LogP contribution >= 0.6 is 0 Å². The maximum absolute atomic E-state index is 14.4. The number of aromatic hydroxyl groups is 1. The molecule has 2 heterocycles. The van der Waals surface area contributed by atoms with Gasteiger partial charge in [0.15, 0.2) is 0 Å². The van der Waals surface area contributed by atoms with Crippen LogP contribution in [0, 0.1) is 12.7 Å². The molecule has 0 bridgehead atoms. The largest absolute Gasteiger partial charge is 0.507 e. The van der Waals surface area contributed by atoms with Gasteiger partial charge in [0, 0.05) is 29.2 Å². The summed E-state index contributed by atoms with van der Waals surface area (Å²) >= 11 is 0. The summed E-state index contributed by atoms with van der Waals surface area (Å²) in [5.41, 5.74) is 2.38. The lowest BCUT2D eigenvalue weighted by molar-refractivity contribution is 0.0951. The number of ether oxygens (including phenoxy) is 1.